The lowest BCUT2D eigenvalue weighted by atomic mass is 9.92. The van der Waals surface area contributed by atoms with E-state index >= 15 is 0 Å². The Morgan fingerprint density at radius 3 is 2.42 bits per heavy atom. The van der Waals surface area contributed by atoms with Crippen LogP contribution in [0.25, 0.3) is 0 Å². The number of guanidine groups is 1. The van der Waals surface area contributed by atoms with Gasteiger partial charge in [-0.05, 0) is 25.7 Å². The second kappa shape index (κ2) is 14.0. The van der Waals surface area contributed by atoms with E-state index in [-0.39, 0.29) is 24.0 Å². The molecule has 154 valence electrons. The number of aliphatic imine (C=N–C) groups is 1. The molecule has 0 spiro atoms. The smallest absolute Gasteiger partial charge is 0.191 e. The van der Waals surface area contributed by atoms with Crippen molar-refractivity contribution in [2.24, 2.45) is 10.9 Å². The van der Waals surface area contributed by atoms with Gasteiger partial charge in [0.25, 0.3) is 0 Å². The van der Waals surface area contributed by atoms with E-state index in [1.807, 2.05) is 0 Å². The molecule has 2 aliphatic heterocycles. The summed E-state index contributed by atoms with van der Waals surface area (Å²) in [7, 11) is 0. The molecule has 0 bridgehead atoms. The predicted molar refractivity (Wildman–Crippen MR) is 119 cm³/mol. The average molecular weight is 482 g/mol. The third kappa shape index (κ3) is 7.86. The fourth-order valence-corrected chi connectivity index (χ4v) is 3.85. The second-order valence-corrected chi connectivity index (χ2v) is 7.03. The largest absolute Gasteiger partial charge is 0.379 e. The second-order valence-electron chi connectivity index (χ2n) is 7.03. The Labute approximate surface area is 176 Å². The zero-order valence-electron chi connectivity index (χ0n) is 16.8. The number of nitrogens with zero attached hydrogens (tertiary/aromatic N) is 2. The van der Waals surface area contributed by atoms with Gasteiger partial charge in [0.2, 0.25) is 0 Å². The highest BCUT2D eigenvalue weighted by Crippen LogP contribution is 2.20. The van der Waals surface area contributed by atoms with Crippen molar-refractivity contribution in [1.29, 1.82) is 0 Å². The van der Waals surface area contributed by atoms with E-state index in [9.17, 15) is 0 Å². The molecule has 0 saturated carbocycles. The zero-order chi connectivity index (χ0) is 17.9. The van der Waals surface area contributed by atoms with Gasteiger partial charge in [-0.2, -0.15) is 0 Å². The van der Waals surface area contributed by atoms with Crippen LogP contribution in [-0.2, 0) is 9.47 Å². The van der Waals surface area contributed by atoms with Gasteiger partial charge in [0.05, 0.1) is 25.9 Å². The van der Waals surface area contributed by atoms with Crippen molar-refractivity contribution >= 4 is 29.9 Å². The van der Waals surface area contributed by atoms with E-state index in [0.717, 1.165) is 64.9 Å². The first-order valence-electron chi connectivity index (χ1n) is 10.2. The Hall–Kier alpha value is -0.120. The molecule has 0 amide bonds. The van der Waals surface area contributed by atoms with E-state index < -0.39 is 0 Å². The predicted octanol–water partition coefficient (Wildman–Crippen LogP) is 2.48. The third-order valence-corrected chi connectivity index (χ3v) is 5.41. The lowest BCUT2D eigenvalue weighted by Gasteiger charge is -2.38. The fraction of sp³-hybridized carbons (Fsp3) is 0.947. The van der Waals surface area contributed by atoms with E-state index in [0.29, 0.717) is 18.1 Å². The summed E-state index contributed by atoms with van der Waals surface area (Å²) < 4.78 is 11.2. The lowest BCUT2D eigenvalue weighted by Crippen LogP contribution is -2.49. The van der Waals surface area contributed by atoms with Crippen molar-refractivity contribution in [2.75, 3.05) is 52.5 Å². The summed E-state index contributed by atoms with van der Waals surface area (Å²) in [5.41, 5.74) is 0. The number of halogens is 1. The summed E-state index contributed by atoms with van der Waals surface area (Å²) in [5, 5.41) is 6.85. The summed E-state index contributed by atoms with van der Waals surface area (Å²) in [6.45, 7) is 13.9. The number of morpholine rings is 1. The Morgan fingerprint density at radius 2 is 1.85 bits per heavy atom. The number of nitrogens with one attached hydrogen (secondary N) is 2. The van der Waals surface area contributed by atoms with Gasteiger partial charge in [0.1, 0.15) is 0 Å². The maximum absolute atomic E-state index is 5.71. The monoisotopic (exact) mass is 482 g/mol. The maximum atomic E-state index is 5.71. The van der Waals surface area contributed by atoms with Gasteiger partial charge in [-0.15, -0.1) is 24.0 Å². The zero-order valence-corrected chi connectivity index (χ0v) is 19.2. The number of hydrogen-bond acceptors (Lipinski definition) is 4. The molecule has 0 aromatic heterocycles. The van der Waals surface area contributed by atoms with Gasteiger partial charge in [0, 0.05) is 38.8 Å². The van der Waals surface area contributed by atoms with Crippen LogP contribution in [0.1, 0.15) is 46.5 Å². The average Bonchev–Trinajstić information content (AvgIpc) is 3.17. The molecule has 0 aromatic carbocycles. The molecular formula is C19H39IN4O2. The third-order valence-electron chi connectivity index (χ3n) is 5.41. The highest BCUT2D eigenvalue weighted by atomic mass is 127. The molecule has 2 unspecified atom stereocenters. The summed E-state index contributed by atoms with van der Waals surface area (Å²) in [5.74, 6) is 1.60. The van der Waals surface area contributed by atoms with Crippen LogP contribution in [0.5, 0.6) is 0 Å². The van der Waals surface area contributed by atoms with E-state index in [4.69, 9.17) is 14.5 Å². The van der Waals surface area contributed by atoms with Gasteiger partial charge in [-0.25, -0.2) is 0 Å². The van der Waals surface area contributed by atoms with Crippen LogP contribution in [0.3, 0.4) is 0 Å². The van der Waals surface area contributed by atoms with Crippen molar-refractivity contribution in [1.82, 2.24) is 15.5 Å². The number of rotatable bonds is 9. The molecular weight excluding hydrogens is 443 g/mol. The molecule has 2 saturated heterocycles. The standard InChI is InChI=1S/C19H38N4O2.HI/c1-4-16(5-2)18(23-9-12-24-13-10-23)15-22-19(20-6-3)21-14-17-8-7-11-25-17;/h16-18H,4-15H2,1-3H3,(H2,20,21,22);1H. The highest BCUT2D eigenvalue weighted by Gasteiger charge is 2.26. The minimum absolute atomic E-state index is 0. The Kier molecular flexibility index (Phi) is 12.8. The van der Waals surface area contributed by atoms with Crippen molar-refractivity contribution in [2.45, 2.75) is 58.6 Å². The first-order chi connectivity index (χ1) is 12.3. The van der Waals surface area contributed by atoms with Crippen LogP contribution in [0.4, 0.5) is 0 Å². The molecule has 2 rings (SSSR count). The van der Waals surface area contributed by atoms with Crippen LogP contribution in [0.2, 0.25) is 0 Å². The Balaban J connectivity index is 0.00000338. The molecule has 6 nitrogen and oxygen atoms in total. The maximum Gasteiger partial charge on any atom is 0.191 e. The molecule has 2 aliphatic rings. The molecule has 2 fully saturated rings. The molecule has 7 heteroatoms. The molecule has 2 heterocycles. The van der Waals surface area contributed by atoms with Gasteiger partial charge in [0.15, 0.2) is 5.96 Å². The Morgan fingerprint density at radius 1 is 1.12 bits per heavy atom. The van der Waals surface area contributed by atoms with Crippen molar-refractivity contribution in [3.8, 4) is 0 Å². The number of ether oxygens (including phenoxy) is 2. The van der Waals surface area contributed by atoms with Gasteiger partial charge >= 0.3 is 0 Å². The first-order valence-corrected chi connectivity index (χ1v) is 10.2. The van der Waals surface area contributed by atoms with E-state index in [2.05, 4.69) is 36.3 Å². The molecule has 26 heavy (non-hydrogen) atoms. The SMILES string of the molecule is CCNC(=NCC(C(CC)CC)N1CCOCC1)NCC1CCCO1.I. The molecule has 0 aliphatic carbocycles. The summed E-state index contributed by atoms with van der Waals surface area (Å²) in [6.07, 6.45) is 5.06. The summed E-state index contributed by atoms with van der Waals surface area (Å²) in [4.78, 5) is 7.50. The Bertz CT molecular complexity index is 382. The van der Waals surface area contributed by atoms with Crippen molar-refractivity contribution in [3.63, 3.8) is 0 Å². The summed E-state index contributed by atoms with van der Waals surface area (Å²) >= 11 is 0. The number of hydrogen-bond donors (Lipinski definition) is 2. The molecule has 0 radical (unpaired) electrons. The van der Waals surface area contributed by atoms with E-state index in [1.54, 1.807) is 0 Å². The fourth-order valence-electron chi connectivity index (χ4n) is 3.85. The van der Waals surface area contributed by atoms with Crippen LogP contribution in [0, 0.1) is 5.92 Å². The molecule has 2 N–H and O–H groups in total. The van der Waals surface area contributed by atoms with Crippen molar-refractivity contribution < 1.29 is 9.47 Å². The van der Waals surface area contributed by atoms with Gasteiger partial charge in [-0.3, -0.25) is 9.89 Å². The van der Waals surface area contributed by atoms with E-state index in [1.165, 1.54) is 19.3 Å². The molecule has 0 aromatic rings. The van der Waals surface area contributed by atoms with Crippen LogP contribution < -0.4 is 10.6 Å². The highest BCUT2D eigenvalue weighted by molar-refractivity contribution is 14.0. The van der Waals surface area contributed by atoms with Crippen LogP contribution in [0.15, 0.2) is 4.99 Å². The van der Waals surface area contributed by atoms with Crippen LogP contribution in [-0.4, -0.2) is 75.5 Å². The lowest BCUT2D eigenvalue weighted by molar-refractivity contribution is 0.00394. The van der Waals surface area contributed by atoms with Gasteiger partial charge in [-0.1, -0.05) is 26.7 Å². The normalized spacial score (nSPS) is 22.9. The first kappa shape index (κ1) is 23.9. The van der Waals surface area contributed by atoms with Crippen LogP contribution >= 0.6 is 24.0 Å². The minimum Gasteiger partial charge on any atom is -0.379 e. The molecule has 2 atom stereocenters. The minimum atomic E-state index is 0. The van der Waals surface area contributed by atoms with Crippen molar-refractivity contribution in [3.05, 3.63) is 0 Å². The quantitative estimate of drug-likeness (QED) is 0.301. The summed E-state index contributed by atoms with van der Waals surface area (Å²) in [6, 6.07) is 0.497. The topological polar surface area (TPSA) is 58.1 Å². The van der Waals surface area contributed by atoms with Gasteiger partial charge < -0.3 is 20.1 Å².